The second kappa shape index (κ2) is 6.31. The van der Waals surface area contributed by atoms with Crippen molar-refractivity contribution in [3.05, 3.63) is 69.7 Å². The van der Waals surface area contributed by atoms with Gasteiger partial charge in [-0.25, -0.2) is 8.78 Å². The molecular formula is C15H15ClF2N2. The summed E-state index contributed by atoms with van der Waals surface area (Å²) in [5.74, 6) is 4.66. The number of hydrogen-bond donors (Lipinski definition) is 2. The smallest absolute Gasteiger partial charge is 0.142 e. The second-order valence-corrected chi connectivity index (χ2v) is 5.10. The third-order valence-corrected chi connectivity index (χ3v) is 3.46. The molecule has 2 nitrogen and oxygen atoms in total. The van der Waals surface area contributed by atoms with Gasteiger partial charge < -0.3 is 0 Å². The largest absolute Gasteiger partial charge is 0.271 e. The Bertz CT molecular complexity index is 617. The van der Waals surface area contributed by atoms with Crippen molar-refractivity contribution in [2.75, 3.05) is 0 Å². The van der Waals surface area contributed by atoms with E-state index in [-0.39, 0.29) is 10.8 Å². The minimum absolute atomic E-state index is 0.0625. The molecule has 0 heterocycles. The van der Waals surface area contributed by atoms with Gasteiger partial charge in [-0.1, -0.05) is 29.8 Å². The van der Waals surface area contributed by atoms with Crippen LogP contribution in [0.1, 0.15) is 22.7 Å². The van der Waals surface area contributed by atoms with Gasteiger partial charge in [0, 0.05) is 5.56 Å². The van der Waals surface area contributed by atoms with Crippen molar-refractivity contribution in [3.63, 3.8) is 0 Å². The van der Waals surface area contributed by atoms with Crippen molar-refractivity contribution in [1.82, 2.24) is 5.43 Å². The first-order valence-corrected chi connectivity index (χ1v) is 6.55. The summed E-state index contributed by atoms with van der Waals surface area (Å²) in [5.41, 5.74) is 4.54. The summed E-state index contributed by atoms with van der Waals surface area (Å²) >= 11 is 5.64. The molecule has 1 atom stereocenters. The molecule has 2 rings (SSSR count). The molecule has 106 valence electrons. The summed E-state index contributed by atoms with van der Waals surface area (Å²) in [6.45, 7) is 1.81. The van der Waals surface area contributed by atoms with E-state index >= 15 is 0 Å². The van der Waals surface area contributed by atoms with Gasteiger partial charge in [-0.05, 0) is 42.7 Å². The van der Waals surface area contributed by atoms with E-state index in [1.54, 1.807) is 12.1 Å². The molecule has 0 aliphatic heterocycles. The van der Waals surface area contributed by atoms with E-state index in [2.05, 4.69) is 5.43 Å². The van der Waals surface area contributed by atoms with Gasteiger partial charge in [0.2, 0.25) is 0 Å². The van der Waals surface area contributed by atoms with Crippen LogP contribution in [0.3, 0.4) is 0 Å². The molecule has 2 aromatic rings. The molecule has 2 aromatic carbocycles. The molecule has 20 heavy (non-hydrogen) atoms. The average Bonchev–Trinajstić information content (AvgIpc) is 2.41. The normalized spacial score (nSPS) is 12.4. The lowest BCUT2D eigenvalue weighted by molar-refractivity contribution is 0.509. The van der Waals surface area contributed by atoms with E-state index in [9.17, 15) is 8.78 Å². The van der Waals surface area contributed by atoms with E-state index in [0.717, 1.165) is 5.56 Å². The van der Waals surface area contributed by atoms with Gasteiger partial charge in [-0.3, -0.25) is 11.3 Å². The van der Waals surface area contributed by atoms with E-state index in [1.807, 2.05) is 13.0 Å². The summed E-state index contributed by atoms with van der Waals surface area (Å²) in [6, 6.07) is 9.01. The Hall–Kier alpha value is -1.49. The minimum Gasteiger partial charge on any atom is -0.271 e. The van der Waals surface area contributed by atoms with E-state index < -0.39 is 11.9 Å². The fourth-order valence-corrected chi connectivity index (χ4v) is 2.19. The number of nitrogens with one attached hydrogen (secondary N) is 1. The van der Waals surface area contributed by atoms with Crippen LogP contribution in [0.25, 0.3) is 0 Å². The van der Waals surface area contributed by atoms with Gasteiger partial charge in [0.1, 0.15) is 11.6 Å². The average molecular weight is 297 g/mol. The maximum Gasteiger partial charge on any atom is 0.142 e. The van der Waals surface area contributed by atoms with Gasteiger partial charge in [-0.15, -0.1) is 0 Å². The van der Waals surface area contributed by atoms with Crippen molar-refractivity contribution >= 4 is 11.6 Å². The molecule has 0 amide bonds. The Labute approximate surface area is 121 Å². The number of nitrogens with two attached hydrogens (primary N) is 1. The molecule has 5 heteroatoms. The Kier molecular flexibility index (Phi) is 4.70. The van der Waals surface area contributed by atoms with Crippen LogP contribution >= 0.6 is 11.6 Å². The first-order valence-electron chi connectivity index (χ1n) is 6.17. The minimum atomic E-state index is -0.496. The molecule has 0 aliphatic carbocycles. The highest BCUT2D eigenvalue weighted by atomic mass is 35.5. The lowest BCUT2D eigenvalue weighted by atomic mass is 9.98. The SMILES string of the molecule is Cc1ccc(C(Cc2ccc(Cl)c(F)c2)NN)c(F)c1. The van der Waals surface area contributed by atoms with Gasteiger partial charge in [0.25, 0.3) is 0 Å². The number of aryl methyl sites for hydroxylation is 1. The number of halogens is 3. The fraction of sp³-hybridized carbons (Fsp3) is 0.200. The zero-order chi connectivity index (χ0) is 14.7. The third kappa shape index (κ3) is 3.33. The van der Waals surface area contributed by atoms with Gasteiger partial charge in [-0.2, -0.15) is 0 Å². The predicted molar refractivity (Wildman–Crippen MR) is 76.3 cm³/mol. The Morgan fingerprint density at radius 1 is 1.15 bits per heavy atom. The van der Waals surface area contributed by atoms with Crippen LogP contribution in [0.5, 0.6) is 0 Å². The van der Waals surface area contributed by atoms with Gasteiger partial charge in [0.05, 0.1) is 11.1 Å². The zero-order valence-corrected chi connectivity index (χ0v) is 11.7. The summed E-state index contributed by atoms with van der Waals surface area (Å²) < 4.78 is 27.4. The molecule has 3 N–H and O–H groups in total. The number of hydrazine groups is 1. The topological polar surface area (TPSA) is 38.0 Å². The van der Waals surface area contributed by atoms with Crippen LogP contribution in [0.15, 0.2) is 36.4 Å². The molecule has 0 radical (unpaired) electrons. The monoisotopic (exact) mass is 296 g/mol. The summed E-state index contributed by atoms with van der Waals surface area (Å²) in [5, 5.41) is 0.0625. The lowest BCUT2D eigenvalue weighted by Gasteiger charge is -2.17. The zero-order valence-electron chi connectivity index (χ0n) is 11.0. The van der Waals surface area contributed by atoms with Crippen LogP contribution < -0.4 is 11.3 Å². The van der Waals surface area contributed by atoms with Crippen molar-refractivity contribution in [3.8, 4) is 0 Å². The quantitative estimate of drug-likeness (QED) is 0.667. The summed E-state index contributed by atoms with van der Waals surface area (Å²) in [4.78, 5) is 0. The molecular weight excluding hydrogens is 282 g/mol. The standard InChI is InChI=1S/C15H15ClF2N2/c1-9-2-4-11(13(17)6-9)15(20-19)8-10-3-5-12(16)14(18)7-10/h2-7,15,20H,8,19H2,1H3. The first kappa shape index (κ1) is 14.9. The maximum atomic E-state index is 13.9. The van der Waals surface area contributed by atoms with Gasteiger partial charge >= 0.3 is 0 Å². The van der Waals surface area contributed by atoms with Crippen LogP contribution in [0.2, 0.25) is 5.02 Å². The summed E-state index contributed by atoms with van der Waals surface area (Å²) in [6.07, 6.45) is 0.366. The fourth-order valence-electron chi connectivity index (χ4n) is 2.08. The molecule has 0 spiro atoms. The molecule has 0 bridgehead atoms. The van der Waals surface area contributed by atoms with Crippen LogP contribution in [0, 0.1) is 18.6 Å². The number of rotatable bonds is 4. The maximum absolute atomic E-state index is 13.9. The number of hydrogen-bond acceptors (Lipinski definition) is 2. The number of benzene rings is 2. The van der Waals surface area contributed by atoms with Crippen molar-refractivity contribution in [1.29, 1.82) is 0 Å². The van der Waals surface area contributed by atoms with E-state index in [4.69, 9.17) is 17.4 Å². The van der Waals surface area contributed by atoms with Crippen LogP contribution in [0.4, 0.5) is 8.78 Å². The molecule has 0 saturated heterocycles. The highest BCUT2D eigenvalue weighted by Crippen LogP contribution is 2.23. The third-order valence-electron chi connectivity index (χ3n) is 3.16. The highest BCUT2D eigenvalue weighted by molar-refractivity contribution is 6.30. The Morgan fingerprint density at radius 3 is 2.50 bits per heavy atom. The Balaban J connectivity index is 2.26. The van der Waals surface area contributed by atoms with Crippen LogP contribution in [-0.4, -0.2) is 0 Å². The second-order valence-electron chi connectivity index (χ2n) is 4.70. The first-order chi connectivity index (χ1) is 9.51. The van der Waals surface area contributed by atoms with Crippen molar-refractivity contribution in [2.24, 2.45) is 5.84 Å². The highest BCUT2D eigenvalue weighted by Gasteiger charge is 2.15. The predicted octanol–water partition coefficient (Wildman–Crippen LogP) is 3.67. The molecule has 1 unspecified atom stereocenters. The van der Waals surface area contributed by atoms with Crippen molar-refractivity contribution in [2.45, 2.75) is 19.4 Å². The molecule has 0 aromatic heterocycles. The van der Waals surface area contributed by atoms with Gasteiger partial charge in [0.15, 0.2) is 0 Å². The summed E-state index contributed by atoms with van der Waals surface area (Å²) in [7, 11) is 0. The molecule has 0 saturated carbocycles. The van der Waals surface area contributed by atoms with Crippen molar-refractivity contribution < 1.29 is 8.78 Å². The molecule has 0 fully saturated rings. The Morgan fingerprint density at radius 2 is 1.90 bits per heavy atom. The van der Waals surface area contributed by atoms with Crippen LogP contribution in [-0.2, 0) is 6.42 Å². The van der Waals surface area contributed by atoms with E-state index in [0.29, 0.717) is 17.5 Å². The van der Waals surface area contributed by atoms with E-state index in [1.165, 1.54) is 18.2 Å². The molecule has 0 aliphatic rings. The lowest BCUT2D eigenvalue weighted by Crippen LogP contribution is -2.30.